The first-order chi connectivity index (χ1) is 26.3. The molecule has 10 rings (SSSR count). The lowest BCUT2D eigenvalue weighted by molar-refractivity contribution is 0.768. The Morgan fingerprint density at radius 2 is 0.925 bits per heavy atom. The van der Waals surface area contributed by atoms with Gasteiger partial charge in [0.2, 0.25) is 0 Å². The molecule has 0 bridgehead atoms. The second-order valence-corrected chi connectivity index (χ2v) is 14.0. The van der Waals surface area contributed by atoms with E-state index in [1.807, 2.05) is 0 Å². The van der Waals surface area contributed by atoms with E-state index in [0.29, 0.717) is 0 Å². The molecule has 0 radical (unpaired) electrons. The summed E-state index contributed by atoms with van der Waals surface area (Å²) in [6, 6.07) is 75.8. The van der Waals surface area contributed by atoms with Gasteiger partial charge in [0.25, 0.3) is 0 Å². The molecular formula is C51H38N2. The molecule has 0 spiro atoms. The van der Waals surface area contributed by atoms with Crippen molar-refractivity contribution >= 4 is 28.4 Å². The second-order valence-electron chi connectivity index (χ2n) is 14.0. The lowest BCUT2D eigenvalue weighted by atomic mass is 9.67. The standard InChI is InChI=1S/C51H38N2/c1-5-18-38(19-6-1)51(39-20-7-2-8-21-39)48-28-16-15-27-45(48)46-31-29-42(35-49(46)51)53(41-24-11-4-12-25-41)43-30-32-47-44-26-14-13-17-37(44)33-34-52(50(47)36-43)40-22-9-3-10-23-40/h1-32,35-36H,33-34H2. The highest BCUT2D eigenvalue weighted by Crippen LogP contribution is 2.57. The highest BCUT2D eigenvalue weighted by Gasteiger charge is 2.46. The van der Waals surface area contributed by atoms with Gasteiger partial charge in [-0.1, -0.05) is 158 Å². The zero-order valence-corrected chi connectivity index (χ0v) is 29.4. The predicted octanol–water partition coefficient (Wildman–Crippen LogP) is 12.9. The summed E-state index contributed by atoms with van der Waals surface area (Å²) >= 11 is 0. The zero-order valence-electron chi connectivity index (χ0n) is 29.4. The van der Waals surface area contributed by atoms with Crippen LogP contribution in [-0.2, 0) is 11.8 Å². The lowest BCUT2D eigenvalue weighted by Gasteiger charge is -2.35. The zero-order chi connectivity index (χ0) is 35.2. The van der Waals surface area contributed by atoms with E-state index >= 15 is 0 Å². The van der Waals surface area contributed by atoms with Gasteiger partial charge in [-0.3, -0.25) is 0 Å². The van der Waals surface area contributed by atoms with Crippen LogP contribution in [-0.4, -0.2) is 6.54 Å². The van der Waals surface area contributed by atoms with Gasteiger partial charge in [-0.05, 0) is 99.5 Å². The Labute approximate surface area is 311 Å². The number of hydrogen-bond donors (Lipinski definition) is 0. The molecule has 0 atom stereocenters. The van der Waals surface area contributed by atoms with Crippen LogP contribution in [0.3, 0.4) is 0 Å². The van der Waals surface area contributed by atoms with Gasteiger partial charge in [0, 0.05) is 34.9 Å². The minimum absolute atomic E-state index is 0.478. The van der Waals surface area contributed by atoms with Crippen molar-refractivity contribution < 1.29 is 0 Å². The van der Waals surface area contributed by atoms with Crippen LogP contribution in [0, 0.1) is 0 Å². The number of nitrogens with zero attached hydrogens (tertiary/aromatic N) is 2. The van der Waals surface area contributed by atoms with Crippen molar-refractivity contribution in [2.45, 2.75) is 11.8 Å². The fourth-order valence-electron chi connectivity index (χ4n) is 8.94. The number of benzene rings is 8. The monoisotopic (exact) mass is 678 g/mol. The Morgan fingerprint density at radius 1 is 0.396 bits per heavy atom. The van der Waals surface area contributed by atoms with Crippen LogP contribution >= 0.6 is 0 Å². The lowest BCUT2D eigenvalue weighted by Crippen LogP contribution is -2.28. The van der Waals surface area contributed by atoms with Crippen molar-refractivity contribution in [2.24, 2.45) is 0 Å². The fourth-order valence-corrected chi connectivity index (χ4v) is 8.94. The molecular weight excluding hydrogens is 641 g/mol. The van der Waals surface area contributed by atoms with Crippen molar-refractivity contribution in [3.05, 3.63) is 234 Å². The van der Waals surface area contributed by atoms with Crippen molar-refractivity contribution in [1.29, 1.82) is 0 Å². The quantitative estimate of drug-likeness (QED) is 0.173. The fraction of sp³-hybridized carbons (Fsp3) is 0.0588. The van der Waals surface area contributed by atoms with E-state index in [9.17, 15) is 0 Å². The molecule has 0 N–H and O–H groups in total. The summed E-state index contributed by atoms with van der Waals surface area (Å²) in [4.78, 5) is 4.93. The Balaban J connectivity index is 1.22. The highest BCUT2D eigenvalue weighted by atomic mass is 15.2. The van der Waals surface area contributed by atoms with Crippen molar-refractivity contribution in [3.63, 3.8) is 0 Å². The van der Waals surface area contributed by atoms with Crippen molar-refractivity contribution in [2.75, 3.05) is 16.3 Å². The molecule has 252 valence electrons. The van der Waals surface area contributed by atoms with Gasteiger partial charge in [-0.15, -0.1) is 0 Å². The van der Waals surface area contributed by atoms with Crippen molar-refractivity contribution in [3.8, 4) is 22.3 Å². The molecule has 2 nitrogen and oxygen atoms in total. The van der Waals surface area contributed by atoms with Gasteiger partial charge in [-0.25, -0.2) is 0 Å². The first kappa shape index (κ1) is 31.1. The first-order valence-corrected chi connectivity index (χ1v) is 18.6. The van der Waals surface area contributed by atoms with Crippen LogP contribution < -0.4 is 9.80 Å². The molecule has 8 aromatic carbocycles. The van der Waals surface area contributed by atoms with Gasteiger partial charge < -0.3 is 9.80 Å². The Bertz CT molecular complexity index is 2520. The molecule has 0 saturated heterocycles. The summed E-state index contributed by atoms with van der Waals surface area (Å²) in [5, 5.41) is 0. The maximum atomic E-state index is 2.50. The van der Waals surface area contributed by atoms with E-state index in [4.69, 9.17) is 0 Å². The van der Waals surface area contributed by atoms with Crippen LogP contribution in [0.1, 0.15) is 27.8 Å². The SMILES string of the molecule is c1ccc(N2CCc3ccccc3-c3ccc(N(c4ccccc4)c4ccc5c(c4)C(c4ccccc4)(c4ccccc4)c4ccccc4-5)cc32)cc1. The molecule has 0 saturated carbocycles. The molecule has 8 aromatic rings. The Hall–Kier alpha value is -6.64. The molecule has 0 fully saturated rings. The van der Waals surface area contributed by atoms with E-state index in [1.54, 1.807) is 0 Å². The summed E-state index contributed by atoms with van der Waals surface area (Å²) < 4.78 is 0. The van der Waals surface area contributed by atoms with Crippen LogP contribution in [0.4, 0.5) is 28.4 Å². The summed E-state index contributed by atoms with van der Waals surface area (Å²) in [6.07, 6.45) is 0.976. The van der Waals surface area contributed by atoms with Gasteiger partial charge >= 0.3 is 0 Å². The normalized spacial score (nSPS) is 13.6. The van der Waals surface area contributed by atoms with Crippen LogP contribution in [0.15, 0.2) is 206 Å². The van der Waals surface area contributed by atoms with E-state index < -0.39 is 5.41 Å². The van der Waals surface area contributed by atoms with E-state index in [0.717, 1.165) is 30.0 Å². The average molecular weight is 679 g/mol. The van der Waals surface area contributed by atoms with Crippen molar-refractivity contribution in [1.82, 2.24) is 0 Å². The molecule has 53 heavy (non-hydrogen) atoms. The minimum Gasteiger partial charge on any atom is -0.341 e. The topological polar surface area (TPSA) is 6.48 Å². The summed E-state index contributed by atoms with van der Waals surface area (Å²) in [6.45, 7) is 0.899. The third-order valence-corrected chi connectivity index (χ3v) is 11.2. The average Bonchev–Trinajstić information content (AvgIpc) is 3.42. The molecule has 1 aliphatic carbocycles. The first-order valence-electron chi connectivity index (χ1n) is 18.6. The predicted molar refractivity (Wildman–Crippen MR) is 221 cm³/mol. The summed E-state index contributed by atoms with van der Waals surface area (Å²) in [7, 11) is 0. The number of anilines is 5. The van der Waals surface area contributed by atoms with E-state index in [-0.39, 0.29) is 0 Å². The minimum atomic E-state index is -0.478. The van der Waals surface area contributed by atoms with Crippen LogP contribution in [0.2, 0.25) is 0 Å². The molecule has 2 aliphatic rings. The maximum absolute atomic E-state index is 2.50. The summed E-state index contributed by atoms with van der Waals surface area (Å²) in [5.41, 5.74) is 17.0. The molecule has 0 aromatic heterocycles. The largest absolute Gasteiger partial charge is 0.341 e. The molecule has 1 aliphatic heterocycles. The van der Waals surface area contributed by atoms with Gasteiger partial charge in [-0.2, -0.15) is 0 Å². The van der Waals surface area contributed by atoms with Crippen LogP contribution in [0.25, 0.3) is 22.3 Å². The number of para-hydroxylation sites is 2. The molecule has 1 heterocycles. The van der Waals surface area contributed by atoms with Gasteiger partial charge in [0.05, 0.1) is 11.1 Å². The summed E-state index contributed by atoms with van der Waals surface area (Å²) in [5.74, 6) is 0. The molecule has 0 unspecified atom stereocenters. The Kier molecular flexibility index (Phi) is 7.54. The van der Waals surface area contributed by atoms with E-state index in [1.165, 1.54) is 61.4 Å². The number of rotatable bonds is 6. The Morgan fingerprint density at radius 3 is 1.62 bits per heavy atom. The second kappa shape index (κ2) is 12.8. The van der Waals surface area contributed by atoms with E-state index in [2.05, 4.69) is 216 Å². The smallest absolute Gasteiger partial charge is 0.0714 e. The van der Waals surface area contributed by atoms with Gasteiger partial charge in [0.15, 0.2) is 0 Å². The number of fused-ring (bicyclic) bond motifs is 6. The third kappa shape index (κ3) is 5.02. The third-order valence-electron chi connectivity index (χ3n) is 11.2. The maximum Gasteiger partial charge on any atom is 0.0714 e. The molecule has 2 heteroatoms. The van der Waals surface area contributed by atoms with Gasteiger partial charge in [0.1, 0.15) is 0 Å². The van der Waals surface area contributed by atoms with Crippen LogP contribution in [0.5, 0.6) is 0 Å². The molecule has 0 amide bonds. The highest BCUT2D eigenvalue weighted by molar-refractivity contribution is 5.92. The number of hydrogen-bond acceptors (Lipinski definition) is 2.